The van der Waals surface area contributed by atoms with Crippen LogP contribution in [-0.2, 0) is 11.3 Å². The van der Waals surface area contributed by atoms with Gasteiger partial charge in [0.25, 0.3) is 0 Å². The summed E-state index contributed by atoms with van der Waals surface area (Å²) in [6.45, 7) is 2.54. The second-order valence-electron chi connectivity index (χ2n) is 5.45. The molecule has 0 bridgehead atoms. The van der Waals surface area contributed by atoms with E-state index in [-0.39, 0.29) is 5.75 Å². The first kappa shape index (κ1) is 15.6. The molecule has 0 aliphatic heterocycles. The fourth-order valence-corrected chi connectivity index (χ4v) is 2.78. The maximum absolute atomic E-state index is 9.34. The largest absolute Gasteiger partial charge is 0.506 e. The van der Waals surface area contributed by atoms with E-state index in [1.165, 1.54) is 32.1 Å². The average molecular weight is 298 g/mol. The van der Waals surface area contributed by atoms with Crippen molar-refractivity contribution in [1.82, 2.24) is 5.32 Å². The Morgan fingerprint density at radius 2 is 2.05 bits per heavy atom. The van der Waals surface area contributed by atoms with Crippen LogP contribution in [0.25, 0.3) is 0 Å². The molecule has 0 spiro atoms. The molecular weight excluding hydrogens is 274 g/mol. The van der Waals surface area contributed by atoms with Crippen molar-refractivity contribution < 1.29 is 9.84 Å². The third-order valence-corrected chi connectivity index (χ3v) is 4.05. The Kier molecular flexibility index (Phi) is 6.64. The monoisotopic (exact) mass is 297 g/mol. The predicted octanol–water partition coefficient (Wildman–Crippen LogP) is 3.87. The first-order chi connectivity index (χ1) is 9.75. The summed E-state index contributed by atoms with van der Waals surface area (Å²) in [5.74, 6) is 0.135. The van der Waals surface area contributed by atoms with Crippen LogP contribution in [0.5, 0.6) is 5.75 Å². The van der Waals surface area contributed by atoms with Gasteiger partial charge in [0.2, 0.25) is 0 Å². The molecule has 0 saturated heterocycles. The molecule has 1 saturated carbocycles. The van der Waals surface area contributed by atoms with Gasteiger partial charge in [0.1, 0.15) is 5.75 Å². The maximum Gasteiger partial charge on any atom is 0.134 e. The molecule has 2 N–H and O–H groups in total. The number of ether oxygens (including phenoxy) is 1. The number of hydrogen-bond acceptors (Lipinski definition) is 3. The molecule has 1 aliphatic rings. The van der Waals surface area contributed by atoms with Gasteiger partial charge in [-0.1, -0.05) is 36.9 Å². The van der Waals surface area contributed by atoms with Gasteiger partial charge < -0.3 is 15.2 Å². The Hall–Kier alpha value is -0.770. The van der Waals surface area contributed by atoms with Gasteiger partial charge in [0.05, 0.1) is 11.1 Å². The summed E-state index contributed by atoms with van der Waals surface area (Å²) in [7, 11) is 0. The van der Waals surface area contributed by atoms with E-state index in [1.54, 1.807) is 12.1 Å². The Balaban J connectivity index is 1.53. The highest BCUT2D eigenvalue weighted by Crippen LogP contribution is 2.23. The van der Waals surface area contributed by atoms with Crippen LogP contribution in [0.15, 0.2) is 18.2 Å². The molecule has 0 unspecified atom stereocenters. The number of rotatable bonds is 7. The van der Waals surface area contributed by atoms with Crippen molar-refractivity contribution in [3.63, 3.8) is 0 Å². The van der Waals surface area contributed by atoms with E-state index in [1.807, 2.05) is 6.07 Å². The van der Waals surface area contributed by atoms with Gasteiger partial charge in [0, 0.05) is 13.2 Å². The lowest BCUT2D eigenvalue weighted by Crippen LogP contribution is -2.20. The summed E-state index contributed by atoms with van der Waals surface area (Å²) in [6, 6.07) is 5.31. The number of halogens is 1. The van der Waals surface area contributed by atoms with Crippen LogP contribution in [0.2, 0.25) is 5.02 Å². The highest BCUT2D eigenvalue weighted by Gasteiger charge is 2.12. The van der Waals surface area contributed by atoms with Gasteiger partial charge in [-0.05, 0) is 43.5 Å². The topological polar surface area (TPSA) is 41.5 Å². The first-order valence-corrected chi connectivity index (χ1v) is 7.93. The summed E-state index contributed by atoms with van der Waals surface area (Å²) in [5, 5.41) is 13.1. The molecule has 20 heavy (non-hydrogen) atoms. The SMILES string of the molecule is Oc1ccc(CNCCCOC2CCCCC2)cc1Cl. The summed E-state index contributed by atoms with van der Waals surface area (Å²) in [5.41, 5.74) is 1.08. The molecule has 0 heterocycles. The Bertz CT molecular complexity index is 405. The number of benzene rings is 1. The molecule has 0 radical (unpaired) electrons. The average Bonchev–Trinajstić information content (AvgIpc) is 2.47. The van der Waals surface area contributed by atoms with Gasteiger partial charge in [-0.25, -0.2) is 0 Å². The lowest BCUT2D eigenvalue weighted by atomic mass is 9.98. The van der Waals surface area contributed by atoms with E-state index in [0.717, 1.165) is 31.7 Å². The summed E-state index contributed by atoms with van der Waals surface area (Å²) in [4.78, 5) is 0. The van der Waals surface area contributed by atoms with Gasteiger partial charge in [-0.2, -0.15) is 0 Å². The van der Waals surface area contributed by atoms with Crippen molar-refractivity contribution in [3.8, 4) is 5.75 Å². The van der Waals surface area contributed by atoms with E-state index >= 15 is 0 Å². The molecule has 0 aromatic heterocycles. The van der Waals surface area contributed by atoms with E-state index in [4.69, 9.17) is 16.3 Å². The highest BCUT2D eigenvalue weighted by atomic mass is 35.5. The lowest BCUT2D eigenvalue weighted by molar-refractivity contribution is 0.0273. The second-order valence-corrected chi connectivity index (χ2v) is 5.85. The number of hydrogen-bond donors (Lipinski definition) is 2. The highest BCUT2D eigenvalue weighted by molar-refractivity contribution is 6.32. The van der Waals surface area contributed by atoms with Crippen LogP contribution in [0.4, 0.5) is 0 Å². The molecule has 2 rings (SSSR count). The Morgan fingerprint density at radius 3 is 2.80 bits per heavy atom. The van der Waals surface area contributed by atoms with Gasteiger partial charge in [-0.15, -0.1) is 0 Å². The number of aromatic hydroxyl groups is 1. The quantitative estimate of drug-likeness (QED) is 0.751. The number of phenols is 1. The van der Waals surface area contributed by atoms with Gasteiger partial charge in [0.15, 0.2) is 0 Å². The van der Waals surface area contributed by atoms with Crippen molar-refractivity contribution >= 4 is 11.6 Å². The third kappa shape index (κ3) is 5.31. The van der Waals surface area contributed by atoms with Crippen LogP contribution in [0, 0.1) is 0 Å². The molecule has 1 aliphatic carbocycles. The normalized spacial score (nSPS) is 16.4. The summed E-state index contributed by atoms with van der Waals surface area (Å²) in [6.07, 6.45) is 8.02. The minimum Gasteiger partial charge on any atom is -0.506 e. The fourth-order valence-electron chi connectivity index (χ4n) is 2.57. The van der Waals surface area contributed by atoms with Crippen LogP contribution in [0.3, 0.4) is 0 Å². The standard InChI is InChI=1S/C16H24ClNO2/c17-15-11-13(7-8-16(15)19)12-18-9-4-10-20-14-5-2-1-3-6-14/h7-8,11,14,18-19H,1-6,9-10,12H2. The second kappa shape index (κ2) is 8.50. The summed E-state index contributed by atoms with van der Waals surface area (Å²) < 4.78 is 5.88. The molecule has 0 atom stereocenters. The molecule has 4 heteroatoms. The van der Waals surface area contributed by atoms with E-state index in [2.05, 4.69) is 5.32 Å². The zero-order valence-corrected chi connectivity index (χ0v) is 12.7. The van der Waals surface area contributed by atoms with E-state index < -0.39 is 0 Å². The molecule has 0 amide bonds. The lowest BCUT2D eigenvalue weighted by Gasteiger charge is -2.21. The molecule has 1 aromatic carbocycles. The van der Waals surface area contributed by atoms with Crippen LogP contribution >= 0.6 is 11.6 Å². The zero-order chi connectivity index (χ0) is 14.2. The van der Waals surface area contributed by atoms with Crippen molar-refractivity contribution in [2.45, 2.75) is 51.2 Å². The van der Waals surface area contributed by atoms with Crippen LogP contribution in [0.1, 0.15) is 44.1 Å². The van der Waals surface area contributed by atoms with Crippen molar-refractivity contribution in [3.05, 3.63) is 28.8 Å². The molecule has 112 valence electrons. The van der Waals surface area contributed by atoms with E-state index in [9.17, 15) is 5.11 Å². The van der Waals surface area contributed by atoms with Crippen LogP contribution < -0.4 is 5.32 Å². The Labute approximate surface area is 126 Å². The van der Waals surface area contributed by atoms with Crippen molar-refractivity contribution in [2.24, 2.45) is 0 Å². The maximum atomic E-state index is 9.34. The molecule has 1 fully saturated rings. The van der Waals surface area contributed by atoms with Crippen molar-refractivity contribution in [2.75, 3.05) is 13.2 Å². The fraction of sp³-hybridized carbons (Fsp3) is 0.625. The minimum atomic E-state index is 0.135. The summed E-state index contributed by atoms with van der Waals surface area (Å²) >= 11 is 5.86. The predicted molar refractivity (Wildman–Crippen MR) is 82.3 cm³/mol. The molecule has 3 nitrogen and oxygen atoms in total. The van der Waals surface area contributed by atoms with Crippen LogP contribution in [-0.4, -0.2) is 24.4 Å². The Morgan fingerprint density at radius 1 is 1.25 bits per heavy atom. The van der Waals surface area contributed by atoms with Gasteiger partial charge >= 0.3 is 0 Å². The number of phenolic OH excluding ortho intramolecular Hbond substituents is 1. The zero-order valence-electron chi connectivity index (χ0n) is 11.9. The van der Waals surface area contributed by atoms with Gasteiger partial charge in [-0.3, -0.25) is 0 Å². The minimum absolute atomic E-state index is 0.135. The number of nitrogens with one attached hydrogen (secondary N) is 1. The molecular formula is C16H24ClNO2. The smallest absolute Gasteiger partial charge is 0.134 e. The van der Waals surface area contributed by atoms with Crippen molar-refractivity contribution in [1.29, 1.82) is 0 Å². The first-order valence-electron chi connectivity index (χ1n) is 7.55. The van der Waals surface area contributed by atoms with E-state index in [0.29, 0.717) is 11.1 Å². The third-order valence-electron chi connectivity index (χ3n) is 3.74. The molecule has 1 aromatic rings.